The van der Waals surface area contributed by atoms with Gasteiger partial charge in [0.25, 0.3) is 5.91 Å². The number of rotatable bonds is 9. The molecule has 0 aliphatic rings. The molecule has 2 rings (SSSR count). The maximum absolute atomic E-state index is 12.6. The molecule has 154 valence electrons. The normalized spacial score (nSPS) is 12.5. The first-order chi connectivity index (χ1) is 13.9. The molecule has 0 fully saturated rings. The largest absolute Gasteiger partial charge is 0.451 e. The Hall–Kier alpha value is -3.00. The summed E-state index contributed by atoms with van der Waals surface area (Å²) in [7, 11) is 0. The van der Waals surface area contributed by atoms with Crippen LogP contribution in [-0.2, 0) is 14.3 Å². The topological polar surface area (TPSA) is 111 Å². The van der Waals surface area contributed by atoms with Crippen LogP contribution < -0.4 is 16.4 Å². The number of nitrogens with one attached hydrogen (secondary N) is 2. The lowest BCUT2D eigenvalue weighted by Crippen LogP contribution is -2.46. The number of urea groups is 1. The van der Waals surface area contributed by atoms with Gasteiger partial charge in [-0.3, -0.25) is 4.79 Å². The Morgan fingerprint density at radius 2 is 1.72 bits per heavy atom. The molecular weight excluding hydrogens is 390 g/mol. The molecule has 0 spiro atoms. The first-order valence-corrected chi connectivity index (χ1v) is 10.5. The first kappa shape index (κ1) is 22.3. The summed E-state index contributed by atoms with van der Waals surface area (Å²) in [6, 6.07) is 15.3. The van der Waals surface area contributed by atoms with Crippen molar-refractivity contribution in [2.45, 2.75) is 25.5 Å². The van der Waals surface area contributed by atoms with E-state index >= 15 is 0 Å². The van der Waals surface area contributed by atoms with Crippen LogP contribution in [0.15, 0.2) is 54.6 Å². The van der Waals surface area contributed by atoms with E-state index in [9.17, 15) is 14.4 Å². The van der Waals surface area contributed by atoms with Crippen LogP contribution >= 0.6 is 11.8 Å². The van der Waals surface area contributed by atoms with Crippen LogP contribution in [0.25, 0.3) is 11.1 Å². The number of nitrogens with two attached hydrogens (primary N) is 1. The molecule has 0 heterocycles. The highest BCUT2D eigenvalue weighted by Gasteiger charge is 2.26. The van der Waals surface area contributed by atoms with E-state index in [4.69, 9.17) is 10.5 Å². The molecule has 29 heavy (non-hydrogen) atoms. The van der Waals surface area contributed by atoms with E-state index in [2.05, 4.69) is 10.6 Å². The van der Waals surface area contributed by atoms with Crippen molar-refractivity contribution in [3.8, 4) is 11.1 Å². The fourth-order valence-corrected chi connectivity index (χ4v) is 3.13. The number of carbonyl (C=O) groups excluding carboxylic acids is 3. The molecule has 4 N–H and O–H groups in total. The Morgan fingerprint density at radius 3 is 2.38 bits per heavy atom. The summed E-state index contributed by atoms with van der Waals surface area (Å²) in [5.74, 6) is -0.535. The average molecular weight is 416 g/mol. The Labute approximate surface area is 174 Å². The number of carbonyl (C=O) groups is 3. The van der Waals surface area contributed by atoms with Gasteiger partial charge < -0.3 is 21.1 Å². The molecule has 2 atom stereocenters. The highest BCUT2D eigenvalue weighted by Crippen LogP contribution is 2.27. The number of hydrogen-bond donors (Lipinski definition) is 3. The summed E-state index contributed by atoms with van der Waals surface area (Å²) < 4.78 is 5.26. The molecule has 0 saturated carbocycles. The maximum Gasteiger partial charge on any atom is 0.329 e. The molecule has 2 aromatic carbocycles. The molecule has 0 unspecified atom stereocenters. The number of amides is 3. The monoisotopic (exact) mass is 415 g/mol. The van der Waals surface area contributed by atoms with Gasteiger partial charge in [-0.25, -0.2) is 9.59 Å². The fraction of sp³-hybridized carbons (Fsp3) is 0.286. The van der Waals surface area contributed by atoms with Crippen molar-refractivity contribution in [3.63, 3.8) is 0 Å². The predicted molar refractivity (Wildman–Crippen MR) is 116 cm³/mol. The zero-order chi connectivity index (χ0) is 21.2. The lowest BCUT2D eigenvalue weighted by molar-refractivity contribution is -0.155. The van der Waals surface area contributed by atoms with Gasteiger partial charge in [0.05, 0.1) is 0 Å². The number of anilines is 1. The standard InChI is InChI=1S/C21H25N3O4S/c1-14(28-20(26)18(12-13-29-2)24-21(22)27)19(25)23-17-11-7-6-10-16(17)15-8-4-3-5-9-15/h3-11,14,18H,12-13H2,1-2H3,(H,23,25)(H3,22,24,27)/t14-,18-/m1/s1. The van der Waals surface area contributed by atoms with Crippen molar-refractivity contribution in [1.29, 1.82) is 0 Å². The molecule has 0 radical (unpaired) electrons. The lowest BCUT2D eigenvalue weighted by Gasteiger charge is -2.20. The molecular formula is C21H25N3O4S. The zero-order valence-electron chi connectivity index (χ0n) is 16.4. The van der Waals surface area contributed by atoms with Crippen LogP contribution in [-0.4, -0.2) is 42.1 Å². The van der Waals surface area contributed by atoms with Gasteiger partial charge in [-0.1, -0.05) is 48.5 Å². The third kappa shape index (κ3) is 6.83. The average Bonchev–Trinajstić information content (AvgIpc) is 2.71. The number of thioether (sulfide) groups is 1. The van der Waals surface area contributed by atoms with Gasteiger partial charge in [-0.05, 0) is 37.0 Å². The lowest BCUT2D eigenvalue weighted by atomic mass is 10.0. The van der Waals surface area contributed by atoms with Crippen molar-refractivity contribution in [3.05, 3.63) is 54.6 Å². The van der Waals surface area contributed by atoms with E-state index in [1.165, 1.54) is 18.7 Å². The quantitative estimate of drug-likeness (QED) is 0.545. The minimum Gasteiger partial charge on any atom is -0.451 e. The number of ether oxygens (including phenoxy) is 1. The van der Waals surface area contributed by atoms with E-state index in [0.29, 0.717) is 17.9 Å². The Morgan fingerprint density at radius 1 is 1.07 bits per heavy atom. The molecule has 2 aromatic rings. The van der Waals surface area contributed by atoms with E-state index in [-0.39, 0.29) is 0 Å². The van der Waals surface area contributed by atoms with Crippen molar-refractivity contribution in [2.24, 2.45) is 5.73 Å². The first-order valence-electron chi connectivity index (χ1n) is 9.13. The number of primary amides is 1. The highest BCUT2D eigenvalue weighted by atomic mass is 32.2. The Balaban J connectivity index is 2.05. The van der Waals surface area contributed by atoms with Gasteiger partial charge in [0.2, 0.25) is 0 Å². The van der Waals surface area contributed by atoms with E-state index in [0.717, 1.165) is 11.1 Å². The number of para-hydroxylation sites is 1. The van der Waals surface area contributed by atoms with Gasteiger partial charge in [0, 0.05) is 11.3 Å². The van der Waals surface area contributed by atoms with Crippen molar-refractivity contribution < 1.29 is 19.1 Å². The second-order valence-corrected chi connectivity index (χ2v) is 7.31. The van der Waals surface area contributed by atoms with Crippen LogP contribution in [0, 0.1) is 0 Å². The summed E-state index contributed by atoms with van der Waals surface area (Å²) >= 11 is 1.52. The number of esters is 1. The van der Waals surface area contributed by atoms with Crippen LogP contribution in [0.3, 0.4) is 0 Å². The molecule has 0 aromatic heterocycles. The van der Waals surface area contributed by atoms with E-state index < -0.39 is 30.1 Å². The molecule has 0 aliphatic carbocycles. The second kappa shape index (κ2) is 11.1. The molecule has 0 saturated heterocycles. The predicted octanol–water partition coefficient (Wildman–Crippen LogP) is 3.01. The number of benzene rings is 2. The number of hydrogen-bond acceptors (Lipinski definition) is 5. The summed E-state index contributed by atoms with van der Waals surface area (Å²) in [4.78, 5) is 36.1. The SMILES string of the molecule is CSCC[C@@H](NC(N)=O)C(=O)O[C@H](C)C(=O)Nc1ccccc1-c1ccccc1. The highest BCUT2D eigenvalue weighted by molar-refractivity contribution is 7.98. The van der Waals surface area contributed by atoms with Crippen LogP contribution in [0.2, 0.25) is 0 Å². The Bertz CT molecular complexity index is 845. The van der Waals surface area contributed by atoms with E-state index in [1.54, 1.807) is 6.07 Å². The van der Waals surface area contributed by atoms with Crippen molar-refractivity contribution in [1.82, 2.24) is 5.32 Å². The van der Waals surface area contributed by atoms with Gasteiger partial charge in [-0.2, -0.15) is 11.8 Å². The molecule has 8 heteroatoms. The third-order valence-electron chi connectivity index (χ3n) is 4.14. The minimum atomic E-state index is -1.04. The summed E-state index contributed by atoms with van der Waals surface area (Å²) in [6.07, 6.45) is 1.19. The molecule has 7 nitrogen and oxygen atoms in total. The zero-order valence-corrected chi connectivity index (χ0v) is 17.2. The molecule has 0 bridgehead atoms. The maximum atomic E-state index is 12.6. The van der Waals surface area contributed by atoms with Crippen molar-refractivity contribution >= 4 is 35.4 Å². The van der Waals surface area contributed by atoms with Crippen LogP contribution in [0.1, 0.15) is 13.3 Å². The second-order valence-electron chi connectivity index (χ2n) is 6.32. The van der Waals surface area contributed by atoms with Crippen LogP contribution in [0.4, 0.5) is 10.5 Å². The molecule has 0 aliphatic heterocycles. The smallest absolute Gasteiger partial charge is 0.329 e. The molecule has 3 amide bonds. The van der Waals surface area contributed by atoms with Gasteiger partial charge in [-0.15, -0.1) is 0 Å². The summed E-state index contributed by atoms with van der Waals surface area (Å²) in [6.45, 7) is 1.48. The van der Waals surface area contributed by atoms with E-state index in [1.807, 2.05) is 54.8 Å². The minimum absolute atomic E-state index is 0.355. The van der Waals surface area contributed by atoms with Crippen molar-refractivity contribution in [2.75, 3.05) is 17.3 Å². The van der Waals surface area contributed by atoms with Gasteiger partial charge >= 0.3 is 12.0 Å². The van der Waals surface area contributed by atoms with Gasteiger partial charge in [0.1, 0.15) is 6.04 Å². The fourth-order valence-electron chi connectivity index (χ4n) is 2.66. The Kier molecular flexibility index (Phi) is 8.54. The summed E-state index contributed by atoms with van der Waals surface area (Å²) in [5.41, 5.74) is 7.54. The van der Waals surface area contributed by atoms with Crippen LogP contribution in [0.5, 0.6) is 0 Å². The third-order valence-corrected chi connectivity index (χ3v) is 4.79. The van der Waals surface area contributed by atoms with Gasteiger partial charge in [0.15, 0.2) is 6.10 Å². The summed E-state index contributed by atoms with van der Waals surface area (Å²) in [5, 5.41) is 5.16.